The van der Waals surface area contributed by atoms with Crippen LogP contribution >= 0.6 is 0 Å². The van der Waals surface area contributed by atoms with Crippen molar-refractivity contribution in [2.24, 2.45) is 17.8 Å². The van der Waals surface area contributed by atoms with E-state index in [1.54, 1.807) is 6.07 Å². The normalized spacial score (nSPS) is 24.4. The van der Waals surface area contributed by atoms with Crippen LogP contribution in [0.15, 0.2) is 53.1 Å². The number of carbonyl (C=O) groups is 3. The number of hydrogen-bond acceptors (Lipinski definition) is 7. The number of carboxylic acids is 1. The third-order valence-electron chi connectivity index (χ3n) is 9.00. The zero-order valence-corrected chi connectivity index (χ0v) is 23.9. The Kier molecular flexibility index (Phi) is 9.15. The average molecular weight is 575 g/mol. The highest BCUT2D eigenvalue weighted by Gasteiger charge is 2.57. The number of allylic oxidation sites excluding steroid dienone is 1. The molecule has 5 rings (SSSR count). The summed E-state index contributed by atoms with van der Waals surface area (Å²) in [5.74, 6) is -2.68. The summed E-state index contributed by atoms with van der Waals surface area (Å²) >= 11 is 0. The monoisotopic (exact) mass is 575 g/mol. The molecule has 1 aliphatic carbocycles. The number of phenolic OH excluding ortho intramolecular Hbond substituents is 1. The Morgan fingerprint density at radius 2 is 1.81 bits per heavy atom. The molecule has 2 heterocycles. The number of phenols is 1. The Morgan fingerprint density at radius 1 is 1.05 bits per heavy atom. The summed E-state index contributed by atoms with van der Waals surface area (Å²) in [5, 5.41) is 41.8. The van der Waals surface area contributed by atoms with Crippen molar-refractivity contribution < 1.29 is 39.4 Å². The van der Waals surface area contributed by atoms with Crippen LogP contribution in [0, 0.1) is 17.8 Å². The third-order valence-corrected chi connectivity index (χ3v) is 9.00. The molecule has 2 saturated heterocycles. The first-order valence-corrected chi connectivity index (χ1v) is 14.8. The summed E-state index contributed by atoms with van der Waals surface area (Å²) in [4.78, 5) is 39.0. The highest BCUT2D eigenvalue weighted by atomic mass is 16.5. The van der Waals surface area contributed by atoms with Crippen molar-refractivity contribution in [3.05, 3.63) is 58.7 Å². The van der Waals surface area contributed by atoms with Crippen LogP contribution in [0.2, 0.25) is 6.32 Å². The van der Waals surface area contributed by atoms with E-state index in [0.29, 0.717) is 37.7 Å². The number of carbonyl (C=O) groups excluding carboxylic acids is 2. The molecule has 3 aliphatic rings. The molecular weight excluding hydrogens is 537 g/mol. The van der Waals surface area contributed by atoms with Crippen LogP contribution in [-0.2, 0) is 19.0 Å². The van der Waals surface area contributed by atoms with E-state index in [4.69, 9.17) is 9.76 Å². The van der Waals surface area contributed by atoms with Gasteiger partial charge in [-0.2, -0.15) is 0 Å². The number of carboxylic acid groups (broad SMARTS) is 1. The number of imide groups is 1. The van der Waals surface area contributed by atoms with Gasteiger partial charge < -0.3 is 25.0 Å². The topological polar surface area (TPSA) is 145 Å². The molecule has 4 atom stereocenters. The highest BCUT2D eigenvalue weighted by molar-refractivity contribution is 6.43. The summed E-state index contributed by atoms with van der Waals surface area (Å²) < 4.78 is 5.99. The lowest BCUT2D eigenvalue weighted by atomic mass is 9.58. The van der Waals surface area contributed by atoms with Gasteiger partial charge in [-0.15, -0.1) is 0 Å². The SMILES string of the molecule is C/C(=C\c1ccc(O)c2ccccc12)CC[C@H]1OB(O)C[C@H]2C1=C(CO)C[C@H]1C(=O)N(CCCCCC(=O)O)C(=O)[C@H]12. The Hall–Kier alpha value is -3.47. The second-order valence-electron chi connectivity index (χ2n) is 11.8. The fraction of sp³-hybridized carbons (Fsp3) is 0.469. The van der Waals surface area contributed by atoms with Crippen LogP contribution in [-0.4, -0.2) is 69.4 Å². The van der Waals surface area contributed by atoms with Crippen LogP contribution in [0.25, 0.3) is 16.8 Å². The molecule has 0 unspecified atom stereocenters. The summed E-state index contributed by atoms with van der Waals surface area (Å²) in [6, 6.07) is 11.2. The summed E-state index contributed by atoms with van der Waals surface area (Å²) in [5.41, 5.74) is 3.62. The van der Waals surface area contributed by atoms with E-state index >= 15 is 0 Å². The maximum atomic E-state index is 13.6. The van der Waals surface area contributed by atoms with Crippen LogP contribution in [0.5, 0.6) is 5.75 Å². The molecule has 2 amide bonds. The van der Waals surface area contributed by atoms with E-state index in [1.807, 2.05) is 37.3 Å². The van der Waals surface area contributed by atoms with Gasteiger partial charge in [-0.3, -0.25) is 19.3 Å². The number of hydrogen-bond donors (Lipinski definition) is 4. The first kappa shape index (κ1) is 30.0. The quantitative estimate of drug-likeness (QED) is 0.135. The summed E-state index contributed by atoms with van der Waals surface area (Å²) in [7, 11) is -1.08. The van der Waals surface area contributed by atoms with Gasteiger partial charge in [0.05, 0.1) is 24.5 Å². The molecule has 0 bridgehead atoms. The molecule has 0 saturated carbocycles. The number of fused-ring (bicyclic) bond motifs is 4. The predicted octanol–water partition coefficient (Wildman–Crippen LogP) is 4.16. The number of unbranched alkanes of at least 4 members (excludes halogenated alkanes) is 2. The van der Waals surface area contributed by atoms with Gasteiger partial charge in [-0.05, 0) is 79.4 Å². The maximum Gasteiger partial charge on any atom is 0.455 e. The largest absolute Gasteiger partial charge is 0.507 e. The molecule has 0 radical (unpaired) electrons. The lowest BCUT2D eigenvalue weighted by Crippen LogP contribution is -2.46. The van der Waals surface area contributed by atoms with E-state index in [1.165, 1.54) is 4.90 Å². The fourth-order valence-electron chi connectivity index (χ4n) is 7.05. The molecule has 4 N–H and O–H groups in total. The van der Waals surface area contributed by atoms with Crippen LogP contribution < -0.4 is 0 Å². The van der Waals surface area contributed by atoms with Crippen molar-refractivity contribution in [2.45, 2.75) is 64.3 Å². The van der Waals surface area contributed by atoms with Gasteiger partial charge in [0.1, 0.15) is 5.75 Å². The lowest BCUT2D eigenvalue weighted by Gasteiger charge is -2.42. The minimum Gasteiger partial charge on any atom is -0.507 e. The van der Waals surface area contributed by atoms with E-state index in [2.05, 4.69) is 6.08 Å². The standard InChI is InChI=1S/C32H38BNO8/c1-19(15-20-11-12-26(36)23-8-5-4-7-22(20)23)10-13-27-29-21(18-35)16-24-30(25(29)17-33(41)42-27)32(40)34(31(24)39)14-6-2-3-9-28(37)38/h4-5,7-8,11-12,15,24-25,27,30,35-36,41H,2-3,6,9-10,13-14,16-18H2,1H3,(H,37,38)/b19-15+/t24-,25+,27-,30-/m1/s1. The van der Waals surface area contributed by atoms with Gasteiger partial charge in [-0.1, -0.05) is 48.4 Å². The zero-order chi connectivity index (χ0) is 30.0. The molecule has 0 spiro atoms. The first-order valence-electron chi connectivity index (χ1n) is 14.8. The number of benzene rings is 2. The van der Waals surface area contributed by atoms with Crippen LogP contribution in [0.4, 0.5) is 0 Å². The second kappa shape index (κ2) is 12.8. The first-order chi connectivity index (χ1) is 20.2. The number of aliphatic hydroxyl groups is 1. The predicted molar refractivity (Wildman–Crippen MR) is 158 cm³/mol. The van der Waals surface area contributed by atoms with Crippen molar-refractivity contribution >= 4 is 41.8 Å². The Morgan fingerprint density at radius 3 is 2.55 bits per heavy atom. The molecule has 222 valence electrons. The Balaban J connectivity index is 1.32. The molecule has 0 aromatic heterocycles. The summed E-state index contributed by atoms with van der Waals surface area (Å²) in [6.07, 6.45) is 4.94. The van der Waals surface area contributed by atoms with Crippen molar-refractivity contribution in [3.8, 4) is 5.75 Å². The third kappa shape index (κ3) is 6.02. The number of rotatable bonds is 11. The van der Waals surface area contributed by atoms with Gasteiger partial charge in [0.2, 0.25) is 11.8 Å². The van der Waals surface area contributed by atoms with E-state index in [9.17, 15) is 29.6 Å². The number of aromatic hydroxyl groups is 1. The number of aliphatic hydroxyl groups excluding tert-OH is 1. The van der Waals surface area contributed by atoms with E-state index in [-0.39, 0.29) is 49.9 Å². The van der Waals surface area contributed by atoms with Crippen LogP contribution in [0.1, 0.15) is 57.4 Å². The lowest BCUT2D eigenvalue weighted by molar-refractivity contribution is -0.141. The number of amides is 2. The van der Waals surface area contributed by atoms with Crippen molar-refractivity contribution in [1.82, 2.24) is 4.90 Å². The van der Waals surface area contributed by atoms with Crippen molar-refractivity contribution in [3.63, 3.8) is 0 Å². The zero-order valence-electron chi connectivity index (χ0n) is 23.9. The number of aliphatic carboxylic acids is 1. The van der Waals surface area contributed by atoms with E-state index in [0.717, 1.165) is 27.5 Å². The molecular formula is C32H38BNO8. The van der Waals surface area contributed by atoms with Gasteiger partial charge in [0.25, 0.3) is 0 Å². The molecule has 2 aromatic rings. The molecule has 9 nitrogen and oxygen atoms in total. The fourth-order valence-corrected chi connectivity index (χ4v) is 7.05. The molecule has 42 heavy (non-hydrogen) atoms. The van der Waals surface area contributed by atoms with Gasteiger partial charge in [-0.25, -0.2) is 0 Å². The highest BCUT2D eigenvalue weighted by Crippen LogP contribution is 2.50. The minimum atomic E-state index is -1.08. The number of likely N-dealkylation sites (tertiary alicyclic amines) is 1. The van der Waals surface area contributed by atoms with Crippen molar-refractivity contribution in [1.29, 1.82) is 0 Å². The maximum absolute atomic E-state index is 13.6. The Labute approximate surface area is 245 Å². The summed E-state index contributed by atoms with van der Waals surface area (Å²) in [6.45, 7) is 2.03. The van der Waals surface area contributed by atoms with Crippen molar-refractivity contribution in [2.75, 3.05) is 13.2 Å². The minimum absolute atomic E-state index is 0.0574. The smallest absolute Gasteiger partial charge is 0.455 e. The molecule has 2 aliphatic heterocycles. The molecule has 2 aromatic carbocycles. The second-order valence-corrected chi connectivity index (χ2v) is 11.8. The van der Waals surface area contributed by atoms with E-state index < -0.39 is 36.9 Å². The molecule has 10 heteroatoms. The van der Waals surface area contributed by atoms with Crippen LogP contribution in [0.3, 0.4) is 0 Å². The van der Waals surface area contributed by atoms with Gasteiger partial charge in [0, 0.05) is 18.4 Å². The van der Waals surface area contributed by atoms with Gasteiger partial charge in [0.15, 0.2) is 0 Å². The van der Waals surface area contributed by atoms with Gasteiger partial charge >= 0.3 is 13.1 Å². The Bertz CT molecular complexity index is 1430. The average Bonchev–Trinajstić information content (AvgIpc) is 3.21. The number of nitrogens with zero attached hydrogens (tertiary/aromatic N) is 1. The molecule has 2 fully saturated rings.